The van der Waals surface area contributed by atoms with E-state index >= 15 is 0 Å². The van der Waals surface area contributed by atoms with Gasteiger partial charge in [0.25, 0.3) is 0 Å². The van der Waals surface area contributed by atoms with Crippen LogP contribution in [0.5, 0.6) is 0 Å². The maximum absolute atomic E-state index is 13.0. The molecule has 2 atom stereocenters. The lowest BCUT2D eigenvalue weighted by Crippen LogP contribution is -2.51. The Morgan fingerprint density at radius 1 is 1.21 bits per heavy atom. The van der Waals surface area contributed by atoms with Crippen LogP contribution < -0.4 is 4.72 Å². The quantitative estimate of drug-likeness (QED) is 0.707. The van der Waals surface area contributed by atoms with Crippen molar-refractivity contribution in [3.63, 3.8) is 0 Å². The summed E-state index contributed by atoms with van der Waals surface area (Å²) >= 11 is -1.15. The van der Waals surface area contributed by atoms with Crippen molar-refractivity contribution >= 4 is 17.5 Å². The van der Waals surface area contributed by atoms with Crippen molar-refractivity contribution in [1.29, 1.82) is 0 Å². The summed E-state index contributed by atoms with van der Waals surface area (Å²) in [6, 6.07) is 6.47. The third-order valence-electron chi connectivity index (χ3n) is 6.09. The first-order valence-electron chi connectivity index (χ1n) is 10.6. The Morgan fingerprint density at radius 3 is 2.38 bits per heavy atom. The molecule has 1 unspecified atom stereocenters. The largest absolute Gasteiger partial charge is 0.598 e. The smallest absolute Gasteiger partial charge is 0.410 e. The van der Waals surface area contributed by atoms with Crippen molar-refractivity contribution in [2.24, 2.45) is 5.41 Å². The molecule has 1 N–H and O–H groups in total. The second kappa shape index (κ2) is 7.78. The number of nitrogens with zero attached hydrogens (tertiary/aromatic N) is 1. The van der Waals surface area contributed by atoms with Gasteiger partial charge < -0.3 is 14.2 Å². The van der Waals surface area contributed by atoms with E-state index in [0.717, 1.165) is 19.3 Å². The highest BCUT2D eigenvalue weighted by Crippen LogP contribution is 2.53. The highest BCUT2D eigenvalue weighted by molar-refractivity contribution is 7.90. The van der Waals surface area contributed by atoms with E-state index in [1.807, 2.05) is 46.4 Å². The Kier molecular flexibility index (Phi) is 6.03. The highest BCUT2D eigenvalue weighted by Gasteiger charge is 2.51. The molecule has 1 aliphatic carbocycles. The third-order valence-corrected chi connectivity index (χ3v) is 7.65. The van der Waals surface area contributed by atoms with Gasteiger partial charge in [0.05, 0.1) is 6.04 Å². The minimum atomic E-state index is -1.15. The van der Waals surface area contributed by atoms with Crippen LogP contribution in [-0.2, 0) is 22.5 Å². The number of hydrogen-bond donors (Lipinski definition) is 1. The molecule has 162 valence electrons. The molecule has 1 aromatic carbocycles. The number of benzene rings is 1. The lowest BCUT2D eigenvalue weighted by Gasteiger charge is -2.43. The first-order chi connectivity index (χ1) is 13.3. The monoisotopic (exact) mass is 420 g/mol. The molecule has 1 aliphatic heterocycles. The van der Waals surface area contributed by atoms with E-state index in [2.05, 4.69) is 29.8 Å². The maximum Gasteiger partial charge on any atom is 0.410 e. The van der Waals surface area contributed by atoms with Crippen molar-refractivity contribution in [3.8, 4) is 0 Å². The van der Waals surface area contributed by atoms with Gasteiger partial charge in [0, 0.05) is 29.9 Å². The number of amides is 1. The number of carbonyl (C=O) groups excluding carboxylic acids is 1. The molecule has 3 rings (SSSR count). The standard InChI is InChI=1S/C23H36N2O3S/c1-16-9-8-10-17-18(16)15-23(19(17)24-29(27)22(5,6)7)11-13-25(14-12-23)20(26)28-21(2,3)4/h8-10,19,24H,11-15H2,1-7H3/t19-,29?/m1/s1. The Labute approximate surface area is 178 Å². The van der Waals surface area contributed by atoms with Crippen LogP contribution >= 0.6 is 0 Å². The number of carbonyl (C=O) groups is 1. The van der Waals surface area contributed by atoms with Crippen LogP contribution in [0.4, 0.5) is 4.79 Å². The summed E-state index contributed by atoms with van der Waals surface area (Å²) in [6.07, 6.45) is 2.48. The fraction of sp³-hybridized carbons (Fsp3) is 0.696. The van der Waals surface area contributed by atoms with E-state index in [4.69, 9.17) is 4.74 Å². The first-order valence-corrected chi connectivity index (χ1v) is 11.7. The molecule has 0 saturated carbocycles. The molecule has 5 nitrogen and oxygen atoms in total. The summed E-state index contributed by atoms with van der Waals surface area (Å²) in [5.41, 5.74) is 3.44. The predicted molar refractivity (Wildman–Crippen MR) is 118 cm³/mol. The molecule has 6 heteroatoms. The number of rotatable bonds is 2. The summed E-state index contributed by atoms with van der Waals surface area (Å²) < 4.78 is 21.7. The van der Waals surface area contributed by atoms with Gasteiger partial charge in [-0.3, -0.25) is 0 Å². The number of hydrogen-bond acceptors (Lipinski definition) is 4. The zero-order chi connectivity index (χ0) is 21.6. The SMILES string of the molecule is Cc1cccc2c1CC1(CCN(C(=O)OC(C)(C)C)CC1)[C@@H]2N[S+]([O-])C(C)(C)C. The third kappa shape index (κ3) is 4.75. The maximum atomic E-state index is 13.0. The minimum absolute atomic E-state index is 0.0200. The van der Waals surface area contributed by atoms with Gasteiger partial charge in [-0.2, -0.15) is 0 Å². The van der Waals surface area contributed by atoms with Gasteiger partial charge in [-0.15, -0.1) is 4.72 Å². The van der Waals surface area contributed by atoms with Crippen LogP contribution in [0.1, 0.15) is 77.1 Å². The lowest BCUT2D eigenvalue weighted by molar-refractivity contribution is 0.00715. The van der Waals surface area contributed by atoms with Gasteiger partial charge in [0.1, 0.15) is 10.3 Å². The summed E-state index contributed by atoms with van der Waals surface area (Å²) in [6.45, 7) is 15.2. The van der Waals surface area contributed by atoms with Crippen molar-refractivity contribution in [1.82, 2.24) is 9.62 Å². The van der Waals surface area contributed by atoms with Crippen LogP contribution in [0.25, 0.3) is 0 Å². The molecule has 1 aromatic rings. The van der Waals surface area contributed by atoms with E-state index in [9.17, 15) is 9.35 Å². The zero-order valence-electron chi connectivity index (χ0n) is 18.9. The minimum Gasteiger partial charge on any atom is -0.598 e. The van der Waals surface area contributed by atoms with E-state index < -0.39 is 17.0 Å². The molecule has 0 aromatic heterocycles. The number of nitrogens with one attached hydrogen (secondary N) is 1. The summed E-state index contributed by atoms with van der Waals surface area (Å²) in [4.78, 5) is 14.3. The van der Waals surface area contributed by atoms with Crippen molar-refractivity contribution in [2.75, 3.05) is 13.1 Å². The molecule has 29 heavy (non-hydrogen) atoms. The van der Waals surface area contributed by atoms with Crippen molar-refractivity contribution in [2.45, 2.75) is 84.1 Å². The van der Waals surface area contributed by atoms with E-state index in [1.54, 1.807) is 0 Å². The Bertz CT molecular complexity index is 758. The van der Waals surface area contributed by atoms with Gasteiger partial charge in [-0.25, -0.2) is 4.79 Å². The molecular formula is C23H36N2O3S. The van der Waals surface area contributed by atoms with Crippen LogP contribution in [0.2, 0.25) is 0 Å². The fourth-order valence-corrected chi connectivity index (χ4v) is 5.36. The Balaban J connectivity index is 1.82. The number of aryl methyl sites for hydroxylation is 1. The molecule has 0 bridgehead atoms. The van der Waals surface area contributed by atoms with E-state index in [0.29, 0.717) is 13.1 Å². The van der Waals surface area contributed by atoms with Crippen molar-refractivity contribution in [3.05, 3.63) is 34.9 Å². The number of likely N-dealkylation sites (tertiary alicyclic amines) is 1. The van der Waals surface area contributed by atoms with Crippen LogP contribution in [-0.4, -0.2) is 39.0 Å². The zero-order valence-corrected chi connectivity index (χ0v) is 19.7. The van der Waals surface area contributed by atoms with Crippen LogP contribution in [0.15, 0.2) is 18.2 Å². The van der Waals surface area contributed by atoms with Gasteiger partial charge in [-0.1, -0.05) is 18.2 Å². The fourth-order valence-electron chi connectivity index (χ4n) is 4.42. The molecule has 1 spiro atoms. The van der Waals surface area contributed by atoms with Gasteiger partial charge in [0.15, 0.2) is 0 Å². The molecule has 0 radical (unpaired) electrons. The van der Waals surface area contributed by atoms with Gasteiger partial charge in [0.2, 0.25) is 0 Å². The lowest BCUT2D eigenvalue weighted by atomic mass is 9.73. The van der Waals surface area contributed by atoms with Crippen LogP contribution in [0.3, 0.4) is 0 Å². The summed E-state index contributed by atoms with van der Waals surface area (Å²) in [5, 5.41) is 0. The number of piperidine rings is 1. The number of ether oxygens (including phenoxy) is 1. The summed E-state index contributed by atoms with van der Waals surface area (Å²) in [5.74, 6) is 0. The van der Waals surface area contributed by atoms with Crippen molar-refractivity contribution < 1.29 is 14.1 Å². The molecule has 1 fully saturated rings. The topological polar surface area (TPSA) is 64.6 Å². The van der Waals surface area contributed by atoms with E-state index in [1.165, 1.54) is 16.7 Å². The summed E-state index contributed by atoms with van der Waals surface area (Å²) in [7, 11) is 0. The average Bonchev–Trinajstić information content (AvgIpc) is 2.88. The molecule has 1 heterocycles. The highest BCUT2D eigenvalue weighted by atomic mass is 32.2. The predicted octanol–water partition coefficient (Wildman–Crippen LogP) is 4.66. The van der Waals surface area contributed by atoms with Crippen LogP contribution in [0, 0.1) is 12.3 Å². The Morgan fingerprint density at radius 2 is 1.83 bits per heavy atom. The molecule has 1 amide bonds. The van der Waals surface area contributed by atoms with Gasteiger partial charge in [-0.05, 0) is 84.4 Å². The first kappa shape index (κ1) is 22.4. The number of fused-ring (bicyclic) bond motifs is 1. The molecule has 1 saturated heterocycles. The van der Waals surface area contributed by atoms with E-state index in [-0.39, 0.29) is 22.3 Å². The second-order valence-electron chi connectivity index (χ2n) is 10.6. The second-order valence-corrected chi connectivity index (χ2v) is 12.6. The average molecular weight is 421 g/mol. The molecule has 2 aliphatic rings. The van der Waals surface area contributed by atoms with Gasteiger partial charge >= 0.3 is 6.09 Å². The molecular weight excluding hydrogens is 384 g/mol. The Hall–Kier alpha value is -1.24. The normalized spacial score (nSPS) is 22.5.